The number of carbonyl (C=O) groups excluding carboxylic acids is 1. The standard InChI is InChI=1S/C18H21N3O2.2ClH/c1-12(11-19-2)18(22)21-17-5-3-4-15(20-17)13-6-7-16-14(10-13)8-9-23-16;;/h3-7,10,12,19H,8-9,11H2,1-2H3,(H,20,21,22);2*1H. The number of carbonyl (C=O) groups is 1. The Morgan fingerprint density at radius 1 is 1.28 bits per heavy atom. The number of aromatic nitrogens is 1. The van der Waals surface area contributed by atoms with Gasteiger partial charge < -0.3 is 15.4 Å². The molecule has 1 atom stereocenters. The van der Waals surface area contributed by atoms with E-state index in [4.69, 9.17) is 4.74 Å². The second-order valence-electron chi connectivity index (χ2n) is 5.78. The average Bonchev–Trinajstić information content (AvgIpc) is 3.03. The molecule has 136 valence electrons. The molecule has 2 aromatic rings. The highest BCUT2D eigenvalue weighted by Crippen LogP contribution is 2.30. The number of nitrogens with zero attached hydrogens (tertiary/aromatic N) is 1. The van der Waals surface area contributed by atoms with Crippen LogP contribution in [0.5, 0.6) is 5.75 Å². The van der Waals surface area contributed by atoms with Gasteiger partial charge in [-0.25, -0.2) is 4.98 Å². The number of fused-ring (bicyclic) bond motifs is 1. The number of benzene rings is 1. The van der Waals surface area contributed by atoms with Gasteiger partial charge in [0.15, 0.2) is 0 Å². The lowest BCUT2D eigenvalue weighted by atomic mass is 10.1. The smallest absolute Gasteiger partial charge is 0.229 e. The van der Waals surface area contributed by atoms with E-state index in [1.165, 1.54) is 5.56 Å². The highest BCUT2D eigenvalue weighted by atomic mass is 35.5. The van der Waals surface area contributed by atoms with Crippen LogP contribution in [0.2, 0.25) is 0 Å². The molecule has 1 amide bonds. The largest absolute Gasteiger partial charge is 0.493 e. The number of halogens is 2. The number of hydrogen-bond acceptors (Lipinski definition) is 4. The van der Waals surface area contributed by atoms with Crippen molar-refractivity contribution >= 4 is 36.5 Å². The first-order valence-electron chi connectivity index (χ1n) is 7.86. The van der Waals surface area contributed by atoms with Crippen LogP contribution in [-0.2, 0) is 11.2 Å². The van der Waals surface area contributed by atoms with Crippen molar-refractivity contribution in [1.82, 2.24) is 10.3 Å². The second-order valence-corrected chi connectivity index (χ2v) is 5.78. The van der Waals surface area contributed by atoms with Gasteiger partial charge in [-0.15, -0.1) is 24.8 Å². The molecule has 1 aliphatic heterocycles. The number of amides is 1. The molecule has 5 nitrogen and oxygen atoms in total. The molecule has 1 aromatic heterocycles. The molecule has 0 saturated heterocycles. The summed E-state index contributed by atoms with van der Waals surface area (Å²) in [5.41, 5.74) is 3.09. The summed E-state index contributed by atoms with van der Waals surface area (Å²) in [6.07, 6.45) is 0.932. The predicted molar refractivity (Wildman–Crippen MR) is 105 cm³/mol. The summed E-state index contributed by atoms with van der Waals surface area (Å²) in [6, 6.07) is 11.8. The van der Waals surface area contributed by atoms with Gasteiger partial charge >= 0.3 is 0 Å². The molecule has 2 N–H and O–H groups in total. The van der Waals surface area contributed by atoms with Crippen LogP contribution < -0.4 is 15.4 Å². The van der Waals surface area contributed by atoms with Gasteiger partial charge in [0.25, 0.3) is 0 Å². The van der Waals surface area contributed by atoms with E-state index in [2.05, 4.69) is 21.7 Å². The van der Waals surface area contributed by atoms with E-state index in [9.17, 15) is 4.79 Å². The minimum Gasteiger partial charge on any atom is -0.493 e. The normalized spacial score (nSPS) is 12.9. The molecule has 1 aromatic carbocycles. The van der Waals surface area contributed by atoms with Gasteiger partial charge in [0.05, 0.1) is 12.3 Å². The Morgan fingerprint density at radius 2 is 2.08 bits per heavy atom. The Balaban J connectivity index is 0.00000156. The number of nitrogens with one attached hydrogen (secondary N) is 2. The van der Waals surface area contributed by atoms with Crippen LogP contribution in [0.25, 0.3) is 11.3 Å². The molecule has 0 saturated carbocycles. The summed E-state index contributed by atoms with van der Waals surface area (Å²) in [5, 5.41) is 5.88. The van der Waals surface area contributed by atoms with E-state index < -0.39 is 0 Å². The van der Waals surface area contributed by atoms with Crippen molar-refractivity contribution in [3.05, 3.63) is 42.0 Å². The SMILES string of the molecule is CNCC(C)C(=O)Nc1cccc(-c2ccc3c(c2)CCO3)n1.Cl.Cl. The zero-order valence-electron chi connectivity index (χ0n) is 14.2. The highest BCUT2D eigenvalue weighted by Gasteiger charge is 2.15. The Bertz CT molecular complexity index is 725. The van der Waals surface area contributed by atoms with Gasteiger partial charge in [-0.2, -0.15) is 0 Å². The summed E-state index contributed by atoms with van der Waals surface area (Å²) in [5.74, 6) is 1.39. The number of rotatable bonds is 5. The highest BCUT2D eigenvalue weighted by molar-refractivity contribution is 5.91. The Morgan fingerprint density at radius 3 is 2.84 bits per heavy atom. The van der Waals surface area contributed by atoms with Gasteiger partial charge in [-0.05, 0) is 42.9 Å². The summed E-state index contributed by atoms with van der Waals surface area (Å²) in [7, 11) is 1.83. The molecule has 0 aliphatic carbocycles. The first-order valence-corrected chi connectivity index (χ1v) is 7.86. The summed E-state index contributed by atoms with van der Waals surface area (Å²) in [4.78, 5) is 16.7. The third-order valence-corrected chi connectivity index (χ3v) is 3.94. The van der Waals surface area contributed by atoms with E-state index in [0.717, 1.165) is 30.0 Å². The van der Waals surface area contributed by atoms with Crippen molar-refractivity contribution in [2.45, 2.75) is 13.3 Å². The Labute approximate surface area is 160 Å². The Kier molecular flexibility index (Phi) is 8.16. The molecular formula is C18H23Cl2N3O2. The van der Waals surface area contributed by atoms with Gasteiger partial charge in [0.2, 0.25) is 5.91 Å². The zero-order valence-corrected chi connectivity index (χ0v) is 15.9. The molecule has 0 spiro atoms. The average molecular weight is 384 g/mol. The van der Waals surface area contributed by atoms with Gasteiger partial charge in [-0.1, -0.05) is 13.0 Å². The first-order chi connectivity index (χ1) is 11.2. The third-order valence-electron chi connectivity index (χ3n) is 3.94. The zero-order chi connectivity index (χ0) is 16.2. The quantitative estimate of drug-likeness (QED) is 0.830. The fourth-order valence-corrected chi connectivity index (χ4v) is 2.66. The second kappa shape index (κ2) is 9.61. The summed E-state index contributed by atoms with van der Waals surface area (Å²) >= 11 is 0. The molecular weight excluding hydrogens is 361 g/mol. The number of hydrogen-bond donors (Lipinski definition) is 2. The van der Waals surface area contributed by atoms with Crippen LogP contribution in [0.15, 0.2) is 36.4 Å². The molecule has 7 heteroatoms. The van der Waals surface area contributed by atoms with Crippen LogP contribution in [0.3, 0.4) is 0 Å². The van der Waals surface area contributed by atoms with E-state index >= 15 is 0 Å². The van der Waals surface area contributed by atoms with Crippen LogP contribution in [0.4, 0.5) is 5.82 Å². The predicted octanol–water partition coefficient (Wildman–Crippen LogP) is 3.32. The van der Waals surface area contributed by atoms with Crippen LogP contribution in [-0.4, -0.2) is 31.1 Å². The van der Waals surface area contributed by atoms with Crippen molar-refractivity contribution < 1.29 is 9.53 Å². The van der Waals surface area contributed by atoms with Crippen molar-refractivity contribution in [1.29, 1.82) is 0 Å². The minimum atomic E-state index is -0.109. The lowest BCUT2D eigenvalue weighted by molar-refractivity contribution is -0.119. The molecule has 25 heavy (non-hydrogen) atoms. The maximum absolute atomic E-state index is 12.1. The fraction of sp³-hybridized carbons (Fsp3) is 0.333. The summed E-state index contributed by atoms with van der Waals surface area (Å²) in [6.45, 7) is 3.26. The lowest BCUT2D eigenvalue weighted by Gasteiger charge is -2.12. The van der Waals surface area contributed by atoms with Gasteiger partial charge in [0, 0.05) is 24.4 Å². The van der Waals surface area contributed by atoms with Crippen molar-refractivity contribution in [2.24, 2.45) is 5.92 Å². The van der Waals surface area contributed by atoms with Crippen LogP contribution >= 0.6 is 24.8 Å². The minimum absolute atomic E-state index is 0. The van der Waals surface area contributed by atoms with E-state index in [-0.39, 0.29) is 36.6 Å². The molecule has 2 heterocycles. The van der Waals surface area contributed by atoms with Crippen molar-refractivity contribution in [2.75, 3.05) is 25.5 Å². The molecule has 0 fully saturated rings. The molecule has 3 rings (SSSR count). The maximum Gasteiger partial charge on any atom is 0.229 e. The topological polar surface area (TPSA) is 63.2 Å². The number of anilines is 1. The number of pyridine rings is 1. The first kappa shape index (κ1) is 21.2. The number of ether oxygens (including phenoxy) is 1. The van der Waals surface area contributed by atoms with Crippen LogP contribution in [0.1, 0.15) is 12.5 Å². The molecule has 0 radical (unpaired) electrons. The fourth-order valence-electron chi connectivity index (χ4n) is 2.66. The van der Waals surface area contributed by atoms with Crippen molar-refractivity contribution in [3.63, 3.8) is 0 Å². The Hall–Kier alpha value is -1.82. The summed E-state index contributed by atoms with van der Waals surface area (Å²) < 4.78 is 5.53. The van der Waals surface area contributed by atoms with E-state index in [1.807, 2.05) is 44.3 Å². The van der Waals surface area contributed by atoms with E-state index in [0.29, 0.717) is 12.4 Å². The molecule has 1 unspecified atom stereocenters. The molecule has 1 aliphatic rings. The van der Waals surface area contributed by atoms with Gasteiger partial charge in [-0.3, -0.25) is 4.79 Å². The van der Waals surface area contributed by atoms with Crippen molar-refractivity contribution in [3.8, 4) is 17.0 Å². The van der Waals surface area contributed by atoms with Crippen LogP contribution in [0, 0.1) is 5.92 Å². The maximum atomic E-state index is 12.1. The molecule has 0 bridgehead atoms. The monoisotopic (exact) mass is 383 g/mol. The third kappa shape index (κ3) is 5.08. The van der Waals surface area contributed by atoms with E-state index in [1.54, 1.807) is 0 Å². The lowest BCUT2D eigenvalue weighted by Crippen LogP contribution is -2.28. The van der Waals surface area contributed by atoms with Gasteiger partial charge in [0.1, 0.15) is 11.6 Å².